The Balaban J connectivity index is 2.07. The molecule has 1 atom stereocenters. The van der Waals surface area contributed by atoms with Gasteiger partial charge >= 0.3 is 5.97 Å². The Morgan fingerprint density at radius 2 is 1.57 bits per heavy atom. The predicted octanol–water partition coefficient (Wildman–Crippen LogP) is 2.97. The van der Waals surface area contributed by atoms with Crippen molar-refractivity contribution in [2.75, 3.05) is 26.2 Å². The van der Waals surface area contributed by atoms with E-state index in [-0.39, 0.29) is 12.5 Å². The van der Waals surface area contributed by atoms with E-state index in [0.717, 1.165) is 0 Å². The first-order valence-corrected chi connectivity index (χ1v) is 10.0. The minimum Gasteiger partial charge on any atom is -0.493 e. The van der Waals surface area contributed by atoms with Gasteiger partial charge in [0.2, 0.25) is 6.10 Å². The average Bonchev–Trinajstić information content (AvgIpc) is 2.77. The number of benzene rings is 2. The van der Waals surface area contributed by atoms with Gasteiger partial charge in [0, 0.05) is 18.7 Å². The summed E-state index contributed by atoms with van der Waals surface area (Å²) in [6, 6.07) is 15.6. The number of para-hydroxylation sites is 1. The quantitative estimate of drug-likeness (QED) is 0.607. The summed E-state index contributed by atoms with van der Waals surface area (Å²) in [7, 11) is 0. The molecule has 0 aliphatic rings. The highest BCUT2D eigenvalue weighted by molar-refractivity contribution is 5.98. The number of nitrogens with zero attached hydrogens (tertiary/aromatic N) is 1. The van der Waals surface area contributed by atoms with Crippen molar-refractivity contribution < 1.29 is 23.9 Å². The second kappa shape index (κ2) is 11.6. The Labute approximate surface area is 177 Å². The largest absolute Gasteiger partial charge is 0.493 e. The van der Waals surface area contributed by atoms with Gasteiger partial charge in [-0.3, -0.25) is 14.4 Å². The third-order valence-electron chi connectivity index (χ3n) is 4.48. The number of carbonyl (C=O) groups excluding carboxylic acids is 3. The van der Waals surface area contributed by atoms with Crippen molar-refractivity contribution >= 4 is 17.8 Å². The Morgan fingerprint density at radius 1 is 0.933 bits per heavy atom. The molecule has 0 heterocycles. The monoisotopic (exact) mass is 412 g/mol. The van der Waals surface area contributed by atoms with Gasteiger partial charge in [-0.1, -0.05) is 42.5 Å². The third kappa shape index (κ3) is 6.07. The van der Waals surface area contributed by atoms with Crippen LogP contribution < -0.4 is 10.1 Å². The fourth-order valence-electron chi connectivity index (χ4n) is 2.95. The third-order valence-corrected chi connectivity index (χ3v) is 4.48. The molecular formula is C23H28N2O5. The van der Waals surface area contributed by atoms with Crippen LogP contribution in [0.25, 0.3) is 0 Å². The smallest absolute Gasteiger partial charge is 0.326 e. The Kier molecular flexibility index (Phi) is 8.87. The van der Waals surface area contributed by atoms with E-state index in [2.05, 4.69) is 5.32 Å². The molecule has 0 aromatic heterocycles. The van der Waals surface area contributed by atoms with Crippen molar-refractivity contribution in [2.45, 2.75) is 26.9 Å². The molecule has 0 aliphatic heterocycles. The molecule has 0 spiro atoms. The summed E-state index contributed by atoms with van der Waals surface area (Å²) in [6.07, 6.45) is -1.06. The Morgan fingerprint density at radius 3 is 2.20 bits per heavy atom. The maximum absolute atomic E-state index is 12.9. The standard InChI is InChI=1S/C23H28N2O5/c1-4-25(5-2)23(28)21(17-12-8-7-9-13-17)30-20(26)16-24-22(27)18-14-10-11-15-19(18)29-6-3/h7-15,21H,4-6,16H2,1-3H3,(H,24,27)/t21-/m0/s1. The van der Waals surface area contributed by atoms with E-state index >= 15 is 0 Å². The van der Waals surface area contributed by atoms with E-state index in [1.807, 2.05) is 26.8 Å². The van der Waals surface area contributed by atoms with Crippen molar-refractivity contribution in [3.8, 4) is 5.75 Å². The summed E-state index contributed by atoms with van der Waals surface area (Å²) in [6.45, 7) is 6.60. The van der Waals surface area contributed by atoms with E-state index < -0.39 is 18.0 Å². The van der Waals surface area contributed by atoms with Crippen LogP contribution in [-0.2, 0) is 14.3 Å². The highest BCUT2D eigenvalue weighted by Crippen LogP contribution is 2.21. The number of hydrogen-bond acceptors (Lipinski definition) is 5. The van der Waals surface area contributed by atoms with Gasteiger partial charge in [-0.25, -0.2) is 0 Å². The van der Waals surface area contributed by atoms with E-state index in [0.29, 0.717) is 36.6 Å². The zero-order valence-corrected chi connectivity index (χ0v) is 17.6. The normalized spacial score (nSPS) is 11.3. The molecule has 0 unspecified atom stereocenters. The van der Waals surface area contributed by atoms with Gasteiger partial charge < -0.3 is 19.7 Å². The van der Waals surface area contributed by atoms with Crippen molar-refractivity contribution in [3.63, 3.8) is 0 Å². The first-order chi connectivity index (χ1) is 14.5. The van der Waals surface area contributed by atoms with Crippen LogP contribution in [0.4, 0.5) is 0 Å². The average molecular weight is 412 g/mol. The maximum atomic E-state index is 12.9. The Bertz CT molecular complexity index is 850. The van der Waals surface area contributed by atoms with E-state index in [1.165, 1.54) is 0 Å². The van der Waals surface area contributed by atoms with E-state index in [4.69, 9.17) is 9.47 Å². The van der Waals surface area contributed by atoms with Gasteiger partial charge in [0.15, 0.2) is 0 Å². The lowest BCUT2D eigenvalue weighted by molar-refractivity contribution is -0.160. The van der Waals surface area contributed by atoms with Crippen LogP contribution in [-0.4, -0.2) is 48.9 Å². The first kappa shape index (κ1) is 22.9. The fraction of sp³-hybridized carbons (Fsp3) is 0.348. The van der Waals surface area contributed by atoms with Gasteiger partial charge in [0.05, 0.1) is 12.2 Å². The van der Waals surface area contributed by atoms with E-state index in [1.54, 1.807) is 53.4 Å². The number of esters is 1. The molecule has 2 aromatic rings. The zero-order chi connectivity index (χ0) is 21.9. The summed E-state index contributed by atoms with van der Waals surface area (Å²) in [5.41, 5.74) is 0.904. The van der Waals surface area contributed by atoms with Crippen LogP contribution in [0.5, 0.6) is 5.75 Å². The zero-order valence-electron chi connectivity index (χ0n) is 17.6. The number of amides is 2. The van der Waals surface area contributed by atoms with Gasteiger partial charge in [-0.15, -0.1) is 0 Å². The molecule has 0 radical (unpaired) electrons. The SMILES string of the molecule is CCOc1ccccc1C(=O)NCC(=O)O[C@H](C(=O)N(CC)CC)c1ccccc1. The molecular weight excluding hydrogens is 384 g/mol. The van der Waals surface area contributed by atoms with Gasteiger partial charge in [0.1, 0.15) is 12.3 Å². The lowest BCUT2D eigenvalue weighted by Crippen LogP contribution is -2.38. The fourth-order valence-corrected chi connectivity index (χ4v) is 2.95. The molecule has 7 nitrogen and oxygen atoms in total. The van der Waals surface area contributed by atoms with Crippen molar-refractivity contribution in [2.24, 2.45) is 0 Å². The highest BCUT2D eigenvalue weighted by atomic mass is 16.5. The predicted molar refractivity (Wildman–Crippen MR) is 113 cm³/mol. The van der Waals surface area contributed by atoms with Gasteiger partial charge in [-0.05, 0) is 32.9 Å². The van der Waals surface area contributed by atoms with Crippen LogP contribution >= 0.6 is 0 Å². The summed E-state index contributed by atoms with van der Waals surface area (Å²) in [5.74, 6) is -1.02. The lowest BCUT2D eigenvalue weighted by Gasteiger charge is -2.25. The first-order valence-electron chi connectivity index (χ1n) is 10.0. The second-order valence-corrected chi connectivity index (χ2v) is 6.40. The van der Waals surface area contributed by atoms with Crippen LogP contribution in [0.1, 0.15) is 42.8 Å². The summed E-state index contributed by atoms with van der Waals surface area (Å²) < 4.78 is 10.9. The number of rotatable bonds is 10. The molecule has 0 saturated carbocycles. The molecule has 7 heteroatoms. The molecule has 30 heavy (non-hydrogen) atoms. The van der Waals surface area contributed by atoms with Crippen molar-refractivity contribution in [3.05, 3.63) is 65.7 Å². The number of ether oxygens (including phenoxy) is 2. The van der Waals surface area contributed by atoms with Crippen LogP contribution in [0.2, 0.25) is 0 Å². The lowest BCUT2D eigenvalue weighted by atomic mass is 10.1. The number of hydrogen-bond donors (Lipinski definition) is 1. The number of likely N-dealkylation sites (N-methyl/N-ethyl adjacent to an activating group) is 1. The molecule has 0 aliphatic carbocycles. The molecule has 160 valence electrons. The minimum atomic E-state index is -1.06. The van der Waals surface area contributed by atoms with Crippen LogP contribution in [0.15, 0.2) is 54.6 Å². The molecule has 0 fully saturated rings. The topological polar surface area (TPSA) is 84.9 Å². The van der Waals surface area contributed by atoms with Gasteiger partial charge in [0.25, 0.3) is 11.8 Å². The molecule has 0 saturated heterocycles. The second-order valence-electron chi connectivity index (χ2n) is 6.40. The molecule has 2 aromatic carbocycles. The summed E-state index contributed by atoms with van der Waals surface area (Å²) >= 11 is 0. The van der Waals surface area contributed by atoms with Crippen LogP contribution in [0.3, 0.4) is 0 Å². The molecule has 2 rings (SSSR count). The molecule has 1 N–H and O–H groups in total. The number of nitrogens with one attached hydrogen (secondary N) is 1. The maximum Gasteiger partial charge on any atom is 0.326 e. The molecule has 2 amide bonds. The van der Waals surface area contributed by atoms with Crippen molar-refractivity contribution in [1.29, 1.82) is 0 Å². The highest BCUT2D eigenvalue weighted by Gasteiger charge is 2.28. The molecule has 0 bridgehead atoms. The Hall–Kier alpha value is -3.35. The minimum absolute atomic E-state index is 0.299. The number of carbonyl (C=O) groups is 3. The van der Waals surface area contributed by atoms with Crippen molar-refractivity contribution in [1.82, 2.24) is 10.2 Å². The summed E-state index contributed by atoms with van der Waals surface area (Å²) in [5, 5.41) is 2.53. The van der Waals surface area contributed by atoms with Crippen LogP contribution in [0, 0.1) is 0 Å². The van der Waals surface area contributed by atoms with E-state index in [9.17, 15) is 14.4 Å². The summed E-state index contributed by atoms with van der Waals surface area (Å²) in [4.78, 5) is 39.4. The van der Waals surface area contributed by atoms with Gasteiger partial charge in [-0.2, -0.15) is 0 Å².